The molecule has 2 rings (SSSR count). The predicted molar refractivity (Wildman–Crippen MR) is 68.3 cm³/mol. The molecule has 2 fully saturated rings. The number of carbonyl (C=O) groups is 2. The number of hydrogen-bond donors (Lipinski definition) is 0. The molecule has 4 nitrogen and oxygen atoms in total. The highest BCUT2D eigenvalue weighted by molar-refractivity contribution is 5.71. The van der Waals surface area contributed by atoms with E-state index in [4.69, 9.17) is 4.74 Å². The predicted octanol–water partition coefficient (Wildman–Crippen LogP) is 2.76. The maximum Gasteiger partial charge on any atom is 0.410 e. The summed E-state index contributed by atoms with van der Waals surface area (Å²) < 4.78 is 5.44. The highest BCUT2D eigenvalue weighted by Crippen LogP contribution is 2.52. The van der Waals surface area contributed by atoms with Crippen LogP contribution in [-0.4, -0.2) is 35.0 Å². The summed E-state index contributed by atoms with van der Waals surface area (Å²) in [5, 5.41) is 0. The second kappa shape index (κ2) is 4.56. The van der Waals surface area contributed by atoms with E-state index in [0.717, 1.165) is 32.1 Å². The summed E-state index contributed by atoms with van der Waals surface area (Å²) in [6, 6.07) is 0. The number of likely N-dealkylation sites (tertiary alicyclic amines) is 1. The van der Waals surface area contributed by atoms with E-state index in [9.17, 15) is 9.59 Å². The van der Waals surface area contributed by atoms with Crippen LogP contribution < -0.4 is 0 Å². The second-order valence-electron chi connectivity index (χ2n) is 6.49. The van der Waals surface area contributed by atoms with Gasteiger partial charge in [-0.1, -0.05) is 0 Å². The molecule has 0 aromatic heterocycles. The molecule has 1 saturated carbocycles. The van der Waals surface area contributed by atoms with Crippen LogP contribution in [0.4, 0.5) is 4.79 Å². The third kappa shape index (κ3) is 2.25. The van der Waals surface area contributed by atoms with E-state index >= 15 is 0 Å². The minimum absolute atomic E-state index is 0.0192. The summed E-state index contributed by atoms with van der Waals surface area (Å²) in [5.41, 5.74) is -0.415. The van der Waals surface area contributed by atoms with Gasteiger partial charge in [0.15, 0.2) is 0 Å². The van der Waals surface area contributed by atoms with Gasteiger partial charge < -0.3 is 14.4 Å². The van der Waals surface area contributed by atoms with Crippen LogP contribution >= 0.6 is 0 Å². The number of aldehydes is 1. The lowest BCUT2D eigenvalue weighted by atomic mass is 9.60. The maximum atomic E-state index is 12.1. The van der Waals surface area contributed by atoms with Crippen LogP contribution in [0.25, 0.3) is 0 Å². The summed E-state index contributed by atoms with van der Waals surface area (Å²) in [6.45, 7) is 6.43. The van der Waals surface area contributed by atoms with Gasteiger partial charge in [0.1, 0.15) is 11.9 Å². The van der Waals surface area contributed by atoms with Crippen molar-refractivity contribution in [3.8, 4) is 0 Å². The summed E-state index contributed by atoms with van der Waals surface area (Å²) in [6.07, 6.45) is 5.60. The molecule has 0 bridgehead atoms. The second-order valence-corrected chi connectivity index (χ2v) is 6.49. The molecule has 1 aliphatic heterocycles. The van der Waals surface area contributed by atoms with Gasteiger partial charge in [-0.05, 0) is 46.5 Å². The van der Waals surface area contributed by atoms with E-state index in [1.54, 1.807) is 0 Å². The van der Waals surface area contributed by atoms with E-state index < -0.39 is 5.60 Å². The zero-order valence-corrected chi connectivity index (χ0v) is 11.6. The molecule has 1 aliphatic carbocycles. The van der Waals surface area contributed by atoms with Crippen LogP contribution in [0.3, 0.4) is 0 Å². The van der Waals surface area contributed by atoms with E-state index in [1.165, 1.54) is 6.42 Å². The van der Waals surface area contributed by atoms with Crippen LogP contribution in [0.1, 0.15) is 52.9 Å². The first-order valence-electron chi connectivity index (χ1n) is 6.83. The molecular weight excluding hydrogens is 230 g/mol. The standard InChI is InChI=1S/C14H23NO3/c1-13(2,3)18-12(17)15-10-11(6-4-9-16)14(15)7-5-8-14/h9,11H,4-8,10H2,1-3H3. The molecule has 0 aromatic carbocycles. The third-order valence-corrected chi connectivity index (χ3v) is 4.17. The van der Waals surface area contributed by atoms with Gasteiger partial charge in [-0.25, -0.2) is 4.79 Å². The van der Waals surface area contributed by atoms with Gasteiger partial charge in [0, 0.05) is 18.9 Å². The van der Waals surface area contributed by atoms with E-state index in [-0.39, 0.29) is 11.6 Å². The molecule has 0 N–H and O–H groups in total. The Bertz CT molecular complexity index is 341. The van der Waals surface area contributed by atoms with Crippen molar-refractivity contribution >= 4 is 12.4 Å². The molecule has 102 valence electrons. The Morgan fingerprint density at radius 1 is 1.44 bits per heavy atom. The Morgan fingerprint density at radius 3 is 2.56 bits per heavy atom. The molecule has 1 spiro atoms. The first kappa shape index (κ1) is 13.4. The highest BCUT2D eigenvalue weighted by atomic mass is 16.6. The Kier molecular flexibility index (Phi) is 3.39. The lowest BCUT2D eigenvalue weighted by Gasteiger charge is -2.63. The third-order valence-electron chi connectivity index (χ3n) is 4.17. The SMILES string of the molecule is CC(C)(C)OC(=O)N1CC(CCC=O)C12CCC2. The summed E-state index contributed by atoms with van der Waals surface area (Å²) in [4.78, 5) is 24.5. The quantitative estimate of drug-likeness (QED) is 0.727. The molecule has 2 aliphatic rings. The van der Waals surface area contributed by atoms with Gasteiger partial charge in [-0.15, -0.1) is 0 Å². The normalized spacial score (nSPS) is 25.3. The average molecular weight is 253 g/mol. The lowest BCUT2D eigenvalue weighted by molar-refractivity contribution is -0.130. The topological polar surface area (TPSA) is 46.6 Å². The summed E-state index contributed by atoms with van der Waals surface area (Å²) >= 11 is 0. The number of hydrogen-bond acceptors (Lipinski definition) is 3. The van der Waals surface area contributed by atoms with Gasteiger partial charge in [0.05, 0.1) is 5.54 Å². The summed E-state index contributed by atoms with van der Waals surface area (Å²) in [5.74, 6) is 0.490. The van der Waals surface area contributed by atoms with Crippen molar-refractivity contribution in [2.24, 2.45) is 5.92 Å². The Labute approximate surface area is 109 Å². The van der Waals surface area contributed by atoms with Crippen LogP contribution in [0.15, 0.2) is 0 Å². The van der Waals surface area contributed by atoms with Crippen molar-refractivity contribution in [1.29, 1.82) is 0 Å². The van der Waals surface area contributed by atoms with E-state index in [0.29, 0.717) is 12.3 Å². The molecule has 1 saturated heterocycles. The highest BCUT2D eigenvalue weighted by Gasteiger charge is 2.58. The molecule has 0 radical (unpaired) electrons. The van der Waals surface area contributed by atoms with Crippen LogP contribution in [0, 0.1) is 5.92 Å². The van der Waals surface area contributed by atoms with Gasteiger partial charge in [0.25, 0.3) is 0 Å². The van der Waals surface area contributed by atoms with E-state index in [2.05, 4.69) is 0 Å². The smallest absolute Gasteiger partial charge is 0.410 e. The maximum absolute atomic E-state index is 12.1. The van der Waals surface area contributed by atoms with Crippen LogP contribution in [0.2, 0.25) is 0 Å². The van der Waals surface area contributed by atoms with Crippen molar-refractivity contribution in [3.63, 3.8) is 0 Å². The van der Waals surface area contributed by atoms with E-state index in [1.807, 2.05) is 25.7 Å². The van der Waals surface area contributed by atoms with Crippen molar-refractivity contribution in [3.05, 3.63) is 0 Å². The van der Waals surface area contributed by atoms with Gasteiger partial charge >= 0.3 is 6.09 Å². The fourth-order valence-electron chi connectivity index (χ4n) is 3.10. The molecule has 0 aromatic rings. The van der Waals surface area contributed by atoms with Crippen molar-refractivity contribution in [2.75, 3.05) is 6.54 Å². The van der Waals surface area contributed by atoms with Crippen LogP contribution in [-0.2, 0) is 9.53 Å². The number of amides is 1. The first-order chi connectivity index (χ1) is 8.39. The van der Waals surface area contributed by atoms with Crippen LogP contribution in [0.5, 0.6) is 0 Å². The number of carbonyl (C=O) groups excluding carboxylic acids is 2. The minimum atomic E-state index is -0.435. The van der Waals surface area contributed by atoms with Gasteiger partial charge in [-0.3, -0.25) is 0 Å². The monoisotopic (exact) mass is 253 g/mol. The number of nitrogens with zero attached hydrogens (tertiary/aromatic N) is 1. The number of rotatable bonds is 3. The molecule has 4 heteroatoms. The van der Waals surface area contributed by atoms with Crippen molar-refractivity contribution < 1.29 is 14.3 Å². The fraction of sp³-hybridized carbons (Fsp3) is 0.857. The minimum Gasteiger partial charge on any atom is -0.444 e. The average Bonchev–Trinajstić information content (AvgIpc) is 2.10. The first-order valence-corrected chi connectivity index (χ1v) is 6.83. The molecule has 1 heterocycles. The fourth-order valence-corrected chi connectivity index (χ4v) is 3.10. The zero-order valence-electron chi connectivity index (χ0n) is 11.6. The Hall–Kier alpha value is -1.06. The molecular formula is C14H23NO3. The molecule has 18 heavy (non-hydrogen) atoms. The lowest BCUT2D eigenvalue weighted by Crippen LogP contribution is -2.72. The molecule has 1 amide bonds. The Balaban J connectivity index is 1.95. The van der Waals surface area contributed by atoms with Gasteiger partial charge in [-0.2, -0.15) is 0 Å². The number of ether oxygens (including phenoxy) is 1. The van der Waals surface area contributed by atoms with Crippen molar-refractivity contribution in [2.45, 2.75) is 64.0 Å². The Morgan fingerprint density at radius 2 is 2.11 bits per heavy atom. The zero-order chi connectivity index (χ0) is 13.4. The molecule has 1 unspecified atom stereocenters. The molecule has 1 atom stereocenters. The largest absolute Gasteiger partial charge is 0.444 e. The van der Waals surface area contributed by atoms with Gasteiger partial charge in [0.2, 0.25) is 0 Å². The van der Waals surface area contributed by atoms with Crippen molar-refractivity contribution in [1.82, 2.24) is 4.90 Å². The summed E-state index contributed by atoms with van der Waals surface area (Å²) in [7, 11) is 0.